The summed E-state index contributed by atoms with van der Waals surface area (Å²) in [5.74, 6) is 0.769. The zero-order chi connectivity index (χ0) is 18.5. The first-order valence-corrected chi connectivity index (χ1v) is 9.28. The monoisotopic (exact) mass is 363 g/mol. The summed E-state index contributed by atoms with van der Waals surface area (Å²) >= 11 is 0. The molecule has 0 saturated carbocycles. The summed E-state index contributed by atoms with van der Waals surface area (Å²) < 4.78 is 0. The molecule has 0 aliphatic carbocycles. The van der Waals surface area contributed by atoms with Crippen molar-refractivity contribution >= 4 is 29.1 Å². The lowest BCUT2D eigenvalue weighted by Gasteiger charge is -2.53. The van der Waals surface area contributed by atoms with Gasteiger partial charge >= 0.3 is 6.03 Å². The molecular weight excluding hydrogens is 342 g/mol. The molecule has 0 bridgehead atoms. The van der Waals surface area contributed by atoms with E-state index in [9.17, 15) is 9.59 Å². The van der Waals surface area contributed by atoms with E-state index < -0.39 is 0 Å². The number of benzene rings is 1. The van der Waals surface area contributed by atoms with Crippen molar-refractivity contribution < 1.29 is 9.59 Å². The fourth-order valence-corrected chi connectivity index (χ4v) is 4.42. The van der Waals surface area contributed by atoms with E-state index in [4.69, 9.17) is 0 Å². The average molecular weight is 363 g/mol. The van der Waals surface area contributed by atoms with Gasteiger partial charge in [-0.05, 0) is 44.3 Å². The van der Waals surface area contributed by atoms with Gasteiger partial charge in [-0.2, -0.15) is 0 Å². The number of amides is 3. The molecule has 0 radical (unpaired) electrons. The van der Waals surface area contributed by atoms with Crippen molar-refractivity contribution in [2.24, 2.45) is 5.92 Å². The molecule has 4 heterocycles. The number of nitrogens with one attached hydrogen (secondary N) is 1. The van der Waals surface area contributed by atoms with Crippen LogP contribution in [0.15, 0.2) is 42.6 Å². The highest BCUT2D eigenvalue weighted by molar-refractivity contribution is 6.16. The Morgan fingerprint density at radius 2 is 2.04 bits per heavy atom. The number of piperidine rings is 1. The second kappa shape index (κ2) is 6.06. The van der Waals surface area contributed by atoms with Gasteiger partial charge in [-0.25, -0.2) is 14.7 Å². The Kier molecular flexibility index (Phi) is 3.65. The summed E-state index contributed by atoms with van der Waals surface area (Å²) in [4.78, 5) is 36.5. The van der Waals surface area contributed by atoms with E-state index in [-0.39, 0.29) is 18.0 Å². The van der Waals surface area contributed by atoms with Crippen molar-refractivity contribution in [3.05, 3.63) is 48.2 Å². The van der Waals surface area contributed by atoms with Crippen LogP contribution in [0.2, 0.25) is 0 Å². The Balaban J connectivity index is 1.56. The van der Waals surface area contributed by atoms with Crippen LogP contribution in [0.1, 0.15) is 16.8 Å². The van der Waals surface area contributed by atoms with E-state index in [0.29, 0.717) is 28.7 Å². The quantitative estimate of drug-likeness (QED) is 0.781. The maximum Gasteiger partial charge on any atom is 0.330 e. The molecule has 2 aromatic rings. The highest BCUT2D eigenvalue weighted by Crippen LogP contribution is 2.40. The summed E-state index contributed by atoms with van der Waals surface area (Å²) in [6, 6.07) is 10.9. The maximum atomic E-state index is 13.6. The minimum Gasteiger partial charge on any atom is -0.320 e. The highest BCUT2D eigenvalue weighted by atomic mass is 16.2. The zero-order valence-corrected chi connectivity index (χ0v) is 15.1. The van der Waals surface area contributed by atoms with E-state index in [2.05, 4.69) is 22.2 Å². The van der Waals surface area contributed by atoms with Crippen LogP contribution in [-0.2, 0) is 0 Å². The first-order chi connectivity index (χ1) is 13.1. The number of pyridine rings is 1. The van der Waals surface area contributed by atoms with Crippen molar-refractivity contribution in [3.63, 3.8) is 0 Å². The number of carbonyl (C=O) groups excluding carboxylic acids is 2. The Morgan fingerprint density at radius 3 is 2.89 bits per heavy atom. The molecule has 3 amide bonds. The summed E-state index contributed by atoms with van der Waals surface area (Å²) in [7, 11) is 2.13. The Morgan fingerprint density at radius 1 is 1.19 bits per heavy atom. The van der Waals surface area contributed by atoms with Crippen molar-refractivity contribution in [1.82, 2.24) is 14.8 Å². The summed E-state index contributed by atoms with van der Waals surface area (Å²) in [6.07, 6.45) is 2.63. The van der Waals surface area contributed by atoms with Crippen LogP contribution in [0.5, 0.6) is 0 Å². The van der Waals surface area contributed by atoms with Gasteiger partial charge in [0.25, 0.3) is 5.91 Å². The lowest BCUT2D eigenvalue weighted by molar-refractivity contribution is -0.00350. The minimum absolute atomic E-state index is 0.107. The summed E-state index contributed by atoms with van der Waals surface area (Å²) in [6.45, 7) is 2.77. The molecule has 3 aliphatic heterocycles. The van der Waals surface area contributed by atoms with Crippen LogP contribution in [0.4, 0.5) is 22.0 Å². The van der Waals surface area contributed by atoms with Crippen LogP contribution in [-0.4, -0.2) is 59.4 Å². The van der Waals surface area contributed by atoms with Crippen LogP contribution in [0, 0.1) is 5.92 Å². The van der Waals surface area contributed by atoms with Gasteiger partial charge in [0.1, 0.15) is 0 Å². The Hall–Kier alpha value is -2.93. The number of para-hydroxylation sites is 1. The third-order valence-electron chi connectivity index (χ3n) is 5.80. The molecule has 2 atom stereocenters. The van der Waals surface area contributed by atoms with Gasteiger partial charge in [0, 0.05) is 31.2 Å². The molecule has 138 valence electrons. The minimum atomic E-state index is -0.226. The molecule has 1 aromatic heterocycles. The number of hydrogen-bond acceptors (Lipinski definition) is 4. The SMILES string of the molecule is CN1CCC2C(C1)CN2C(=O)N1c2ccccc2C(=O)Nc2cccnc21. The fraction of sp³-hybridized carbons (Fsp3) is 0.350. The molecule has 1 N–H and O–H groups in total. The molecule has 27 heavy (non-hydrogen) atoms. The largest absolute Gasteiger partial charge is 0.330 e. The molecule has 3 aliphatic rings. The fourth-order valence-electron chi connectivity index (χ4n) is 4.42. The number of fused-ring (bicyclic) bond motifs is 3. The number of hydrogen-bond donors (Lipinski definition) is 1. The first-order valence-electron chi connectivity index (χ1n) is 9.28. The van der Waals surface area contributed by atoms with Crippen LogP contribution >= 0.6 is 0 Å². The van der Waals surface area contributed by atoms with Crippen LogP contribution in [0.3, 0.4) is 0 Å². The Labute approximate surface area is 157 Å². The van der Waals surface area contributed by atoms with Gasteiger partial charge in [0.05, 0.1) is 16.9 Å². The smallest absolute Gasteiger partial charge is 0.320 e. The van der Waals surface area contributed by atoms with Gasteiger partial charge in [0.15, 0.2) is 5.82 Å². The second-order valence-corrected chi connectivity index (χ2v) is 7.49. The van der Waals surface area contributed by atoms with Crippen LogP contribution < -0.4 is 10.2 Å². The molecule has 1 aromatic carbocycles. The van der Waals surface area contributed by atoms with Crippen molar-refractivity contribution in [3.8, 4) is 0 Å². The number of urea groups is 1. The lowest BCUT2D eigenvalue weighted by Crippen LogP contribution is -2.66. The van der Waals surface area contributed by atoms with Crippen LogP contribution in [0.25, 0.3) is 0 Å². The second-order valence-electron chi connectivity index (χ2n) is 7.49. The number of anilines is 3. The predicted octanol–water partition coefficient (Wildman–Crippen LogP) is 2.54. The van der Waals surface area contributed by atoms with E-state index in [0.717, 1.165) is 26.1 Å². The highest BCUT2D eigenvalue weighted by Gasteiger charge is 2.47. The summed E-state index contributed by atoms with van der Waals surface area (Å²) in [5.41, 5.74) is 1.60. The first kappa shape index (κ1) is 16.3. The number of rotatable bonds is 0. The standard InChI is InChI=1S/C20H21N5O2/c1-23-10-8-16-13(11-23)12-24(16)20(27)25-17-7-3-2-5-14(17)19(26)22-15-6-4-9-21-18(15)25/h2-7,9,13,16H,8,10-12H2,1H3,(H,22,26). The van der Waals surface area contributed by atoms with Crippen molar-refractivity contribution in [1.29, 1.82) is 0 Å². The normalized spacial score (nSPS) is 24.1. The third kappa shape index (κ3) is 2.49. The number of nitrogens with zero attached hydrogens (tertiary/aromatic N) is 4. The lowest BCUT2D eigenvalue weighted by atomic mass is 9.83. The topological polar surface area (TPSA) is 68.8 Å². The molecular formula is C20H21N5O2. The van der Waals surface area contributed by atoms with Gasteiger partial charge < -0.3 is 15.1 Å². The van der Waals surface area contributed by atoms with E-state index in [1.165, 1.54) is 0 Å². The molecule has 5 rings (SSSR count). The van der Waals surface area contributed by atoms with E-state index in [1.54, 1.807) is 35.4 Å². The number of carbonyl (C=O) groups is 2. The molecule has 2 fully saturated rings. The van der Waals surface area contributed by atoms with Gasteiger partial charge in [0.2, 0.25) is 0 Å². The summed E-state index contributed by atoms with van der Waals surface area (Å²) in [5, 5.41) is 2.88. The number of aromatic nitrogens is 1. The zero-order valence-electron chi connectivity index (χ0n) is 15.1. The molecule has 0 spiro atoms. The number of likely N-dealkylation sites (tertiary alicyclic amines) is 2. The van der Waals surface area contributed by atoms with Crippen molar-refractivity contribution in [2.75, 3.05) is 36.9 Å². The average Bonchev–Trinajstić information content (AvgIpc) is 2.78. The van der Waals surface area contributed by atoms with E-state index in [1.807, 2.05) is 17.0 Å². The maximum absolute atomic E-state index is 13.6. The van der Waals surface area contributed by atoms with Gasteiger partial charge in [-0.15, -0.1) is 0 Å². The Bertz CT molecular complexity index is 930. The van der Waals surface area contributed by atoms with E-state index >= 15 is 0 Å². The molecule has 7 nitrogen and oxygen atoms in total. The molecule has 2 saturated heterocycles. The van der Waals surface area contributed by atoms with Crippen molar-refractivity contribution in [2.45, 2.75) is 12.5 Å². The van der Waals surface area contributed by atoms with Gasteiger partial charge in [-0.1, -0.05) is 12.1 Å². The van der Waals surface area contributed by atoms with Gasteiger partial charge in [-0.3, -0.25) is 4.79 Å². The molecule has 7 heteroatoms. The molecule has 2 unspecified atom stereocenters. The third-order valence-corrected chi connectivity index (χ3v) is 5.80. The predicted molar refractivity (Wildman–Crippen MR) is 102 cm³/mol.